The molecule has 1 heterocycles. The van der Waals surface area contributed by atoms with Crippen molar-refractivity contribution < 1.29 is 9.90 Å². The lowest BCUT2D eigenvalue weighted by Gasteiger charge is -2.40. The van der Waals surface area contributed by atoms with Gasteiger partial charge in [-0.3, -0.25) is 0 Å². The minimum absolute atomic E-state index is 0.00154. The van der Waals surface area contributed by atoms with Crippen molar-refractivity contribution in [1.29, 1.82) is 0 Å². The van der Waals surface area contributed by atoms with Crippen LogP contribution in [0.25, 0.3) is 0 Å². The summed E-state index contributed by atoms with van der Waals surface area (Å²) in [6.45, 7) is 7.54. The second kappa shape index (κ2) is 8.88. The first-order valence-electron chi connectivity index (χ1n) is 8.96. The van der Waals surface area contributed by atoms with E-state index in [-0.39, 0.29) is 24.1 Å². The summed E-state index contributed by atoms with van der Waals surface area (Å²) >= 11 is 0. The summed E-state index contributed by atoms with van der Waals surface area (Å²) in [6.07, 6.45) is 6.31. The Morgan fingerprint density at radius 2 is 2.04 bits per heavy atom. The zero-order chi connectivity index (χ0) is 17.4. The van der Waals surface area contributed by atoms with Crippen molar-refractivity contribution in [3.05, 3.63) is 48.6 Å². The Balaban J connectivity index is 1.97. The molecule has 1 aromatic carbocycles. The number of rotatable bonds is 7. The number of piperidine rings is 1. The van der Waals surface area contributed by atoms with Crippen LogP contribution in [-0.2, 0) is 0 Å². The summed E-state index contributed by atoms with van der Waals surface area (Å²) in [5, 5.41) is 12.8. The van der Waals surface area contributed by atoms with E-state index >= 15 is 0 Å². The highest BCUT2D eigenvalue weighted by Crippen LogP contribution is 2.34. The van der Waals surface area contributed by atoms with E-state index in [2.05, 4.69) is 31.0 Å². The van der Waals surface area contributed by atoms with Crippen LogP contribution in [0.4, 0.5) is 4.79 Å². The Morgan fingerprint density at radius 3 is 2.58 bits per heavy atom. The second-order valence-electron chi connectivity index (χ2n) is 6.78. The highest BCUT2D eigenvalue weighted by Gasteiger charge is 2.34. The third-order valence-corrected chi connectivity index (χ3v) is 5.36. The molecule has 2 rings (SSSR count). The Bertz CT molecular complexity index is 516. The van der Waals surface area contributed by atoms with Crippen molar-refractivity contribution in [2.45, 2.75) is 45.1 Å². The highest BCUT2D eigenvalue weighted by atomic mass is 16.3. The Kier molecular flexibility index (Phi) is 6.85. The number of allylic oxidation sites excluding steroid dienone is 1. The molecule has 0 bridgehead atoms. The average molecular weight is 330 g/mol. The molecule has 1 saturated heterocycles. The fraction of sp³-hybridized carbons (Fsp3) is 0.550. The number of hydrogen-bond donors (Lipinski definition) is 2. The van der Waals surface area contributed by atoms with Crippen LogP contribution in [0.5, 0.6) is 0 Å². The van der Waals surface area contributed by atoms with Crippen LogP contribution in [0, 0.1) is 5.41 Å². The molecule has 1 unspecified atom stereocenters. The molecule has 0 saturated carbocycles. The molecule has 1 atom stereocenters. The molecule has 2 amide bonds. The van der Waals surface area contributed by atoms with Crippen LogP contribution in [-0.4, -0.2) is 35.7 Å². The van der Waals surface area contributed by atoms with Crippen molar-refractivity contribution in [1.82, 2.24) is 10.2 Å². The fourth-order valence-electron chi connectivity index (χ4n) is 3.34. The summed E-state index contributed by atoms with van der Waals surface area (Å²) < 4.78 is 0. The van der Waals surface area contributed by atoms with E-state index in [1.54, 1.807) is 0 Å². The first kappa shape index (κ1) is 18.5. The van der Waals surface area contributed by atoms with Gasteiger partial charge < -0.3 is 15.3 Å². The lowest BCUT2D eigenvalue weighted by atomic mass is 9.77. The number of carbonyl (C=O) groups excluding carboxylic acids is 1. The smallest absolute Gasteiger partial charge is 0.317 e. The predicted molar refractivity (Wildman–Crippen MR) is 97.8 cm³/mol. The first-order chi connectivity index (χ1) is 11.6. The largest absolute Gasteiger partial charge is 0.396 e. The Labute approximate surface area is 145 Å². The molecule has 1 aromatic rings. The van der Waals surface area contributed by atoms with Crippen molar-refractivity contribution in [2.24, 2.45) is 5.41 Å². The van der Waals surface area contributed by atoms with Crippen molar-refractivity contribution in [2.75, 3.05) is 19.7 Å². The number of urea groups is 1. The molecule has 0 spiro atoms. The maximum Gasteiger partial charge on any atom is 0.317 e. The molecule has 1 aliphatic rings. The van der Waals surface area contributed by atoms with Crippen LogP contribution < -0.4 is 5.32 Å². The molecule has 4 nitrogen and oxygen atoms in total. The quantitative estimate of drug-likeness (QED) is 0.745. The Hall–Kier alpha value is -1.81. The van der Waals surface area contributed by atoms with Crippen molar-refractivity contribution >= 4 is 6.03 Å². The number of benzene rings is 1. The van der Waals surface area contributed by atoms with E-state index in [1.807, 2.05) is 29.2 Å². The fourth-order valence-corrected chi connectivity index (χ4v) is 3.34. The molecule has 24 heavy (non-hydrogen) atoms. The van der Waals surface area contributed by atoms with Gasteiger partial charge in [-0.05, 0) is 43.1 Å². The van der Waals surface area contributed by atoms with Gasteiger partial charge in [0, 0.05) is 19.7 Å². The number of amides is 2. The van der Waals surface area contributed by atoms with Crippen molar-refractivity contribution in [3.8, 4) is 0 Å². The normalized spacial score (nSPS) is 18.0. The average Bonchev–Trinajstić information content (AvgIpc) is 2.65. The van der Waals surface area contributed by atoms with Gasteiger partial charge in [0.05, 0.1) is 6.04 Å². The molecular formula is C20H30N2O2. The summed E-state index contributed by atoms with van der Waals surface area (Å²) in [7, 11) is 0. The summed E-state index contributed by atoms with van der Waals surface area (Å²) in [5.74, 6) is 0. The molecule has 0 aromatic heterocycles. The van der Waals surface area contributed by atoms with E-state index in [0.29, 0.717) is 13.1 Å². The number of nitrogens with one attached hydrogen (secondary N) is 1. The van der Waals surface area contributed by atoms with Gasteiger partial charge in [0.1, 0.15) is 0 Å². The molecule has 0 radical (unpaired) electrons. The van der Waals surface area contributed by atoms with Gasteiger partial charge in [0.15, 0.2) is 0 Å². The minimum atomic E-state index is -0.00411. The van der Waals surface area contributed by atoms with E-state index < -0.39 is 0 Å². The maximum absolute atomic E-state index is 12.7. The zero-order valence-corrected chi connectivity index (χ0v) is 14.7. The second-order valence-corrected chi connectivity index (χ2v) is 6.78. The number of carbonyl (C=O) groups is 1. The van der Waals surface area contributed by atoms with E-state index in [0.717, 1.165) is 37.7 Å². The molecule has 4 heteroatoms. The monoisotopic (exact) mass is 330 g/mol. The molecule has 0 aliphatic carbocycles. The lowest BCUT2D eigenvalue weighted by molar-refractivity contribution is 0.0514. The predicted octanol–water partition coefficient (Wildman–Crippen LogP) is 3.89. The Morgan fingerprint density at radius 1 is 1.38 bits per heavy atom. The molecule has 1 aliphatic heterocycles. The van der Waals surface area contributed by atoms with Crippen LogP contribution in [0.15, 0.2) is 43.0 Å². The third kappa shape index (κ3) is 4.60. The van der Waals surface area contributed by atoms with Gasteiger partial charge in [-0.15, -0.1) is 6.58 Å². The van der Waals surface area contributed by atoms with Gasteiger partial charge in [0.25, 0.3) is 0 Å². The van der Waals surface area contributed by atoms with Gasteiger partial charge >= 0.3 is 6.03 Å². The minimum Gasteiger partial charge on any atom is -0.396 e. The van der Waals surface area contributed by atoms with Crippen LogP contribution in [0.2, 0.25) is 0 Å². The standard InChI is InChI=1S/C20H30N2O2/c1-3-5-11-18(17-9-7-6-8-10-17)21-19(24)22-14-12-20(4-2,16-23)13-15-22/h3,6-10,18,23H,1,4-5,11-16H2,2H3,(H,21,24). The number of hydrogen-bond acceptors (Lipinski definition) is 2. The zero-order valence-electron chi connectivity index (χ0n) is 14.7. The number of likely N-dealkylation sites (tertiary alicyclic amines) is 1. The lowest BCUT2D eigenvalue weighted by Crippen LogP contribution is -2.48. The summed E-state index contributed by atoms with van der Waals surface area (Å²) in [4.78, 5) is 14.5. The number of nitrogens with zero attached hydrogens (tertiary/aromatic N) is 1. The molecule has 2 N–H and O–H groups in total. The number of aliphatic hydroxyl groups excluding tert-OH is 1. The van der Waals surface area contributed by atoms with Crippen molar-refractivity contribution in [3.63, 3.8) is 0 Å². The maximum atomic E-state index is 12.7. The SMILES string of the molecule is C=CCCC(NC(=O)N1CCC(CC)(CO)CC1)c1ccccc1. The van der Waals surface area contributed by atoms with Gasteiger partial charge in [-0.1, -0.05) is 43.3 Å². The summed E-state index contributed by atoms with van der Waals surface area (Å²) in [6, 6.07) is 10.1. The molecule has 132 valence electrons. The highest BCUT2D eigenvalue weighted by molar-refractivity contribution is 5.74. The van der Waals surface area contributed by atoms with Crippen LogP contribution in [0.3, 0.4) is 0 Å². The van der Waals surface area contributed by atoms with Gasteiger partial charge in [-0.2, -0.15) is 0 Å². The number of aliphatic hydroxyl groups is 1. The van der Waals surface area contributed by atoms with Crippen LogP contribution in [0.1, 0.15) is 50.6 Å². The molecule has 1 fully saturated rings. The topological polar surface area (TPSA) is 52.6 Å². The van der Waals surface area contributed by atoms with Gasteiger partial charge in [-0.25, -0.2) is 4.79 Å². The molecular weight excluding hydrogens is 300 g/mol. The van der Waals surface area contributed by atoms with Crippen LogP contribution >= 0.6 is 0 Å². The van der Waals surface area contributed by atoms with E-state index in [4.69, 9.17) is 0 Å². The first-order valence-corrected chi connectivity index (χ1v) is 8.96. The third-order valence-electron chi connectivity index (χ3n) is 5.36. The van der Waals surface area contributed by atoms with Gasteiger partial charge in [0.2, 0.25) is 0 Å². The van der Waals surface area contributed by atoms with E-state index in [1.165, 1.54) is 0 Å². The van der Waals surface area contributed by atoms with E-state index in [9.17, 15) is 9.90 Å². The summed E-state index contributed by atoms with van der Waals surface area (Å²) in [5.41, 5.74) is 1.13.